The average molecular weight is 430 g/mol. The number of imide groups is 1. The minimum Gasteiger partial charge on any atom is -0.480 e. The maximum Gasteiger partial charge on any atom is 0.327 e. The second-order valence-electron chi connectivity index (χ2n) is 8.79. The van der Waals surface area contributed by atoms with Gasteiger partial charge in [0.1, 0.15) is 12.1 Å². The third kappa shape index (κ3) is 5.42. The summed E-state index contributed by atoms with van der Waals surface area (Å²) in [5, 5.41) is 11.8. The molecule has 3 rings (SSSR count). The van der Waals surface area contributed by atoms with Gasteiger partial charge in [-0.2, -0.15) is 0 Å². The molecule has 1 fully saturated rings. The van der Waals surface area contributed by atoms with Gasteiger partial charge in [0.25, 0.3) is 5.91 Å². The zero-order valence-electron chi connectivity index (χ0n) is 18.2. The zero-order chi connectivity index (χ0) is 22.5. The van der Waals surface area contributed by atoms with Gasteiger partial charge in [0.05, 0.1) is 0 Å². The number of benzene rings is 1. The number of carboxylic acid groups (broad SMARTS) is 1. The maximum atomic E-state index is 12.7. The first kappa shape index (κ1) is 22.8. The summed E-state index contributed by atoms with van der Waals surface area (Å²) in [5.41, 5.74) is 2.21. The fourth-order valence-corrected chi connectivity index (χ4v) is 4.27. The molecule has 1 aromatic rings. The number of amides is 4. The van der Waals surface area contributed by atoms with Crippen molar-refractivity contribution < 1.29 is 24.3 Å². The van der Waals surface area contributed by atoms with Crippen LogP contribution in [0.3, 0.4) is 0 Å². The van der Waals surface area contributed by atoms with Crippen LogP contribution in [0.4, 0.5) is 4.79 Å². The number of carbonyl (C=O) groups excluding carboxylic acids is 3. The summed E-state index contributed by atoms with van der Waals surface area (Å²) in [5.74, 6) is -1.28. The molecule has 2 aliphatic rings. The first-order valence-electron chi connectivity index (χ1n) is 11.0. The summed E-state index contributed by atoms with van der Waals surface area (Å²) in [6.45, 7) is 4.62. The number of nitrogens with zero attached hydrogens (tertiary/aromatic N) is 2. The van der Waals surface area contributed by atoms with Crippen LogP contribution in [-0.4, -0.2) is 57.3 Å². The Bertz CT molecular complexity index is 810. The molecule has 31 heavy (non-hydrogen) atoms. The van der Waals surface area contributed by atoms with Gasteiger partial charge < -0.3 is 15.3 Å². The number of carboxylic acids is 1. The lowest BCUT2D eigenvalue weighted by Gasteiger charge is -2.28. The standard InChI is InChI=1S/C23H31N3O5/c1-15(2)12-18(22(29)30)24-20(27)10-4-3-7-11-25-21(28)19-13-16-8-5-6-9-17(16)14-26(19)23(25)31/h5-6,8-9,15,18-19H,3-4,7,10-14H2,1-2H3,(H,24,27)(H,29,30)/t18-,19+/m1/s1. The lowest BCUT2D eigenvalue weighted by Crippen LogP contribution is -2.41. The number of aliphatic carboxylic acids is 1. The van der Waals surface area contributed by atoms with Gasteiger partial charge in [-0.05, 0) is 36.3 Å². The van der Waals surface area contributed by atoms with Gasteiger partial charge >= 0.3 is 12.0 Å². The van der Waals surface area contributed by atoms with Crippen molar-refractivity contribution in [2.45, 2.75) is 71.0 Å². The molecular formula is C23H31N3O5. The van der Waals surface area contributed by atoms with Crippen molar-refractivity contribution in [1.29, 1.82) is 0 Å². The Balaban J connectivity index is 1.41. The molecule has 1 aromatic carbocycles. The third-order valence-corrected chi connectivity index (χ3v) is 5.90. The highest BCUT2D eigenvalue weighted by molar-refractivity contribution is 6.04. The summed E-state index contributed by atoms with van der Waals surface area (Å²) < 4.78 is 0. The van der Waals surface area contributed by atoms with Crippen molar-refractivity contribution in [3.05, 3.63) is 35.4 Å². The molecule has 0 bridgehead atoms. The number of nitrogens with one attached hydrogen (secondary N) is 1. The summed E-state index contributed by atoms with van der Waals surface area (Å²) >= 11 is 0. The van der Waals surface area contributed by atoms with Crippen LogP contribution < -0.4 is 5.32 Å². The molecule has 2 atom stereocenters. The quantitative estimate of drug-likeness (QED) is 0.439. The normalized spacial score (nSPS) is 18.7. The predicted octanol–water partition coefficient (Wildman–Crippen LogP) is 2.55. The molecule has 0 aliphatic carbocycles. The van der Waals surface area contributed by atoms with E-state index < -0.39 is 18.1 Å². The molecule has 0 radical (unpaired) electrons. The number of unbranched alkanes of at least 4 members (excludes halogenated alkanes) is 2. The highest BCUT2D eigenvalue weighted by Crippen LogP contribution is 2.30. The second kappa shape index (κ2) is 9.94. The summed E-state index contributed by atoms with van der Waals surface area (Å²) in [6.07, 6.45) is 3.05. The molecule has 0 saturated carbocycles. The van der Waals surface area contributed by atoms with Crippen LogP contribution >= 0.6 is 0 Å². The first-order chi connectivity index (χ1) is 14.8. The van der Waals surface area contributed by atoms with E-state index in [-0.39, 0.29) is 30.2 Å². The predicted molar refractivity (Wildman–Crippen MR) is 114 cm³/mol. The van der Waals surface area contributed by atoms with Crippen LogP contribution in [0.5, 0.6) is 0 Å². The maximum absolute atomic E-state index is 12.7. The van der Waals surface area contributed by atoms with Crippen molar-refractivity contribution in [3.8, 4) is 0 Å². The molecule has 2 aliphatic heterocycles. The molecule has 2 heterocycles. The van der Waals surface area contributed by atoms with E-state index in [2.05, 4.69) is 5.32 Å². The van der Waals surface area contributed by atoms with Crippen LogP contribution in [0.1, 0.15) is 57.1 Å². The van der Waals surface area contributed by atoms with Crippen molar-refractivity contribution in [2.75, 3.05) is 6.54 Å². The van der Waals surface area contributed by atoms with E-state index in [1.807, 2.05) is 38.1 Å². The van der Waals surface area contributed by atoms with Gasteiger partial charge in [0, 0.05) is 25.9 Å². The summed E-state index contributed by atoms with van der Waals surface area (Å²) in [6, 6.07) is 6.37. The van der Waals surface area contributed by atoms with Gasteiger partial charge in [0.15, 0.2) is 0 Å². The number of fused-ring (bicyclic) bond motifs is 2. The highest BCUT2D eigenvalue weighted by atomic mass is 16.4. The lowest BCUT2D eigenvalue weighted by molar-refractivity contribution is -0.142. The Morgan fingerprint density at radius 3 is 2.52 bits per heavy atom. The first-order valence-corrected chi connectivity index (χ1v) is 11.0. The van der Waals surface area contributed by atoms with E-state index in [9.17, 15) is 24.3 Å². The molecule has 1 saturated heterocycles. The smallest absolute Gasteiger partial charge is 0.327 e. The third-order valence-electron chi connectivity index (χ3n) is 5.90. The average Bonchev–Trinajstić information content (AvgIpc) is 2.95. The molecular weight excluding hydrogens is 398 g/mol. The van der Waals surface area contributed by atoms with E-state index in [1.54, 1.807) is 4.90 Å². The topological polar surface area (TPSA) is 107 Å². The highest BCUT2D eigenvalue weighted by Gasteiger charge is 2.46. The van der Waals surface area contributed by atoms with Gasteiger partial charge in [0.2, 0.25) is 5.91 Å². The van der Waals surface area contributed by atoms with Crippen molar-refractivity contribution in [3.63, 3.8) is 0 Å². The van der Waals surface area contributed by atoms with E-state index in [1.165, 1.54) is 4.90 Å². The largest absolute Gasteiger partial charge is 0.480 e. The Kier molecular flexibility index (Phi) is 7.30. The number of carbonyl (C=O) groups is 4. The van der Waals surface area contributed by atoms with Crippen LogP contribution in [0.25, 0.3) is 0 Å². The molecule has 168 valence electrons. The second-order valence-corrected chi connectivity index (χ2v) is 8.79. The molecule has 0 aromatic heterocycles. The van der Waals surface area contributed by atoms with Gasteiger partial charge in [-0.1, -0.05) is 44.5 Å². The molecule has 8 heteroatoms. The van der Waals surface area contributed by atoms with Gasteiger partial charge in [-0.15, -0.1) is 0 Å². The Morgan fingerprint density at radius 1 is 1.13 bits per heavy atom. The Labute approximate surface area is 182 Å². The number of hydrogen-bond acceptors (Lipinski definition) is 4. The Hall–Kier alpha value is -2.90. The van der Waals surface area contributed by atoms with Crippen molar-refractivity contribution in [1.82, 2.24) is 15.1 Å². The SMILES string of the molecule is CC(C)C[C@@H](NC(=O)CCCCCN1C(=O)[C@@H]2Cc3ccccc3CN2C1=O)C(=O)O. The molecule has 0 spiro atoms. The minimum absolute atomic E-state index is 0.143. The molecule has 4 amide bonds. The monoisotopic (exact) mass is 429 g/mol. The Morgan fingerprint density at radius 2 is 1.84 bits per heavy atom. The summed E-state index contributed by atoms with van der Waals surface area (Å²) in [7, 11) is 0. The molecule has 0 unspecified atom stereocenters. The van der Waals surface area contributed by atoms with E-state index >= 15 is 0 Å². The summed E-state index contributed by atoms with van der Waals surface area (Å²) in [4.78, 5) is 51.7. The number of rotatable bonds is 10. The van der Waals surface area contributed by atoms with E-state index in [0.29, 0.717) is 45.2 Å². The number of urea groups is 1. The fourth-order valence-electron chi connectivity index (χ4n) is 4.27. The van der Waals surface area contributed by atoms with Crippen LogP contribution in [0, 0.1) is 5.92 Å². The molecule has 8 nitrogen and oxygen atoms in total. The molecule has 2 N–H and O–H groups in total. The van der Waals surface area contributed by atoms with Crippen molar-refractivity contribution in [2.24, 2.45) is 5.92 Å². The van der Waals surface area contributed by atoms with Crippen LogP contribution in [-0.2, 0) is 27.3 Å². The van der Waals surface area contributed by atoms with Crippen LogP contribution in [0.2, 0.25) is 0 Å². The zero-order valence-corrected chi connectivity index (χ0v) is 18.2. The van der Waals surface area contributed by atoms with E-state index in [0.717, 1.165) is 11.1 Å². The van der Waals surface area contributed by atoms with E-state index in [4.69, 9.17) is 0 Å². The minimum atomic E-state index is -1.02. The van der Waals surface area contributed by atoms with Crippen molar-refractivity contribution >= 4 is 23.8 Å². The number of hydrogen-bond donors (Lipinski definition) is 2. The van der Waals surface area contributed by atoms with Gasteiger partial charge in [-0.3, -0.25) is 14.5 Å². The fraction of sp³-hybridized carbons (Fsp3) is 0.565. The van der Waals surface area contributed by atoms with Crippen LogP contribution in [0.15, 0.2) is 24.3 Å². The van der Waals surface area contributed by atoms with Gasteiger partial charge in [-0.25, -0.2) is 9.59 Å². The lowest BCUT2D eigenvalue weighted by atomic mass is 9.95.